The summed E-state index contributed by atoms with van der Waals surface area (Å²) in [6, 6.07) is 5.51. The van der Waals surface area contributed by atoms with Crippen LogP contribution in [0.25, 0.3) is 0 Å². The summed E-state index contributed by atoms with van der Waals surface area (Å²) in [6.07, 6.45) is 1.21. The van der Waals surface area contributed by atoms with Gasteiger partial charge in [-0.2, -0.15) is 0 Å². The predicted molar refractivity (Wildman–Crippen MR) is 296 cm³/mol. The van der Waals surface area contributed by atoms with Crippen molar-refractivity contribution in [2.45, 2.75) is 178 Å². The molecule has 0 spiro atoms. The molecule has 2 aliphatic heterocycles. The Morgan fingerprint density at radius 1 is 0.787 bits per heavy atom. The number of carbonyl (C=O) groups excluding carboxylic acids is 8. The highest BCUT2D eigenvalue weighted by molar-refractivity contribution is 6.76. The summed E-state index contributed by atoms with van der Waals surface area (Å²) in [4.78, 5) is 142. The maximum atomic E-state index is 15.2. The summed E-state index contributed by atoms with van der Waals surface area (Å²) >= 11 is 0. The molecule has 2 saturated carbocycles. The first-order valence-corrected chi connectivity index (χ1v) is 31.5. The molecular formula is C56H79N9O14Si. The van der Waals surface area contributed by atoms with Crippen molar-refractivity contribution in [3.05, 3.63) is 104 Å². The fourth-order valence-corrected chi connectivity index (χ4v) is 11.2. The molecule has 2 heterocycles. The van der Waals surface area contributed by atoms with Gasteiger partial charge in [-0.05, 0) is 62.1 Å². The van der Waals surface area contributed by atoms with Crippen LogP contribution in [0.5, 0.6) is 0 Å². The lowest BCUT2D eigenvalue weighted by Crippen LogP contribution is -2.62. The molecule has 23 nitrogen and oxygen atoms in total. The first kappa shape index (κ1) is 62.0. The number of hydrogen-bond acceptors (Lipinski definition) is 14. The lowest BCUT2D eigenvalue weighted by atomic mass is 9.90. The van der Waals surface area contributed by atoms with Gasteiger partial charge >= 0.3 is 12.1 Å². The second kappa shape index (κ2) is 27.3. The Balaban J connectivity index is 1.46. The first-order valence-electron chi connectivity index (χ1n) is 27.8. The number of benzene rings is 2. The molecule has 7 amide bonds. The van der Waals surface area contributed by atoms with E-state index in [0.717, 1.165) is 0 Å². The molecule has 0 aromatic heterocycles. The Morgan fingerprint density at radius 2 is 1.32 bits per heavy atom. The normalized spacial score (nSPS) is 29.3. The van der Waals surface area contributed by atoms with Crippen molar-refractivity contribution in [3.8, 4) is 0 Å². The summed E-state index contributed by atoms with van der Waals surface area (Å²) in [5, 5.41) is 40.1. The minimum atomic E-state index is -1.86. The van der Waals surface area contributed by atoms with E-state index in [-0.39, 0.29) is 51.2 Å². The fraction of sp³-hybridized carbons (Fsp3) is 0.607. The van der Waals surface area contributed by atoms with E-state index in [2.05, 4.69) is 51.5 Å². The summed E-state index contributed by atoms with van der Waals surface area (Å²) in [5.41, 5.74) is 1.17. The molecule has 24 heteroatoms. The van der Waals surface area contributed by atoms with Crippen molar-refractivity contribution >= 4 is 55.6 Å². The van der Waals surface area contributed by atoms with Gasteiger partial charge in [0.15, 0.2) is 0 Å². The van der Waals surface area contributed by atoms with Crippen LogP contribution >= 0.6 is 0 Å². The molecule has 4 fully saturated rings. The van der Waals surface area contributed by atoms with Gasteiger partial charge in [0.2, 0.25) is 47.5 Å². The Kier molecular flexibility index (Phi) is 21.1. The van der Waals surface area contributed by atoms with Crippen molar-refractivity contribution in [2.75, 3.05) is 13.2 Å². The van der Waals surface area contributed by atoms with Gasteiger partial charge in [-0.25, -0.2) is 9.59 Å². The number of ether oxygens (including phenoxy) is 2. The predicted octanol–water partition coefficient (Wildman–Crippen LogP) is 4.35. The molecule has 2 aliphatic carbocycles. The second-order valence-electron chi connectivity index (χ2n) is 23.3. The number of rotatable bonds is 19. The fourth-order valence-electron chi connectivity index (χ4n) is 10.5. The summed E-state index contributed by atoms with van der Waals surface area (Å²) in [6.45, 7) is 16.3. The number of cyclic esters (lactones) is 1. The number of alkyl carbamates (subject to hydrolysis) is 1. The van der Waals surface area contributed by atoms with Crippen LogP contribution in [0.4, 0.5) is 4.79 Å². The number of fused-ring (bicyclic) bond motifs is 1. The number of amides is 7. The molecule has 16 atom stereocenters. The zero-order valence-electron chi connectivity index (χ0n) is 47.1. The van der Waals surface area contributed by atoms with Crippen LogP contribution in [0.3, 0.4) is 0 Å². The maximum Gasteiger partial charge on any atom is 0.407 e. The van der Waals surface area contributed by atoms with Crippen molar-refractivity contribution < 1.29 is 57.7 Å². The number of allylic oxidation sites excluding steroid dienone is 1. The van der Waals surface area contributed by atoms with Crippen molar-refractivity contribution in [2.24, 2.45) is 23.7 Å². The monoisotopic (exact) mass is 1130 g/mol. The molecule has 0 unspecified atom stereocenters. The Hall–Kier alpha value is -7.24. The summed E-state index contributed by atoms with van der Waals surface area (Å²) in [7, 11) is -1.69. The topological polar surface area (TPSA) is 317 Å². The smallest absolute Gasteiger partial charge is 0.407 e. The van der Waals surface area contributed by atoms with E-state index < -0.39 is 155 Å². The van der Waals surface area contributed by atoms with Crippen LogP contribution in [0.2, 0.25) is 25.7 Å². The van der Waals surface area contributed by atoms with Crippen LogP contribution in [0, 0.1) is 43.9 Å². The third-order valence-corrected chi connectivity index (χ3v) is 17.7. The molecule has 0 bridgehead atoms. The largest absolute Gasteiger partial charge is 0.458 e. The molecule has 0 radical (unpaired) electrons. The molecule has 6 N–H and O–H groups in total. The lowest BCUT2D eigenvalue weighted by Gasteiger charge is -2.34. The SMILES string of the molecule is C/C=C\[C@H]1C[C@H]2C(=O)O[C@H](C)[C@@H](NC(=O)[C@H](C[C@@H]3C[C@H]3[N+](=O)[O-])NC(=O)OCC[Si](C)(C)C)C(=O)N[C@@H]([C@H](C)c3ccccc3)C(=O)N[C@H](C[C@@H]3C[C@H]3[N+](=O)[O-])C(=O)N[C@@H]([C@H](C)c3ccccc3)C(=O)N[C@@H]([C@@H](C)CC)C(=O)N2C1. The van der Waals surface area contributed by atoms with Crippen LogP contribution in [0.15, 0.2) is 72.8 Å². The number of nitrogens with zero attached hydrogens (tertiary/aromatic N) is 3. The number of nitro groups is 2. The van der Waals surface area contributed by atoms with Crippen LogP contribution < -0.4 is 31.9 Å². The Morgan fingerprint density at radius 3 is 1.85 bits per heavy atom. The van der Waals surface area contributed by atoms with E-state index in [1.807, 2.05) is 13.0 Å². The summed E-state index contributed by atoms with van der Waals surface area (Å²) < 4.78 is 11.5. The molecule has 80 heavy (non-hydrogen) atoms. The van der Waals surface area contributed by atoms with Crippen molar-refractivity contribution in [1.82, 2.24) is 36.8 Å². The molecule has 2 aromatic rings. The average Bonchev–Trinajstić information content (AvgIpc) is 4.34. The Bertz CT molecular complexity index is 2620. The highest BCUT2D eigenvalue weighted by Gasteiger charge is 2.52. The lowest BCUT2D eigenvalue weighted by molar-refractivity contribution is -0.498. The molecule has 4 aliphatic rings. The van der Waals surface area contributed by atoms with Crippen LogP contribution in [-0.4, -0.2) is 144 Å². The van der Waals surface area contributed by atoms with Crippen LogP contribution in [-0.2, 0) is 43.0 Å². The van der Waals surface area contributed by atoms with Gasteiger partial charge in [-0.15, -0.1) is 0 Å². The molecule has 436 valence electrons. The number of hydrogen-bond donors (Lipinski definition) is 6. The van der Waals surface area contributed by atoms with Gasteiger partial charge in [0.1, 0.15) is 48.4 Å². The van der Waals surface area contributed by atoms with E-state index in [0.29, 0.717) is 23.6 Å². The standard InChI is InChI=1S/C56H79N9O14Si/c1-10-18-35-25-44-55(72)79-34(6)48(62-50(67)41(27-39-29-43(39)65(76)77)58-56(73)78-23-24-80(7,8)9)53(70)61-46(32(4)36-19-14-12-15-20-36)51(68)57-40(26-38-28-42(38)64(74)75)49(66)60-47(33(5)37-21-16-13-17-22-37)52(69)59-45(31(3)11-2)54(71)63(44)30-35/h10,12-22,31-35,38-48H,11,23-30H2,1-9H3,(H,57,68)(H,58,73)(H,59,69)(H,60,66)(H,61,70)(H,62,67)/b18-10-/t31-,32+,33+,34+,35-,38+,39+,40+,41-,42+,43+,44-,45-,46-,47-,48+/m0/s1. The van der Waals surface area contributed by atoms with Crippen LogP contribution in [0.1, 0.15) is 103 Å². The quantitative estimate of drug-likeness (QED) is 0.0375. The highest BCUT2D eigenvalue weighted by atomic mass is 28.3. The molecular weight excluding hydrogens is 1050 g/mol. The van der Waals surface area contributed by atoms with E-state index >= 15 is 14.4 Å². The van der Waals surface area contributed by atoms with Crippen molar-refractivity contribution in [3.63, 3.8) is 0 Å². The molecule has 2 saturated heterocycles. The maximum absolute atomic E-state index is 15.2. The molecule has 6 rings (SSSR count). The minimum Gasteiger partial charge on any atom is -0.458 e. The van der Waals surface area contributed by atoms with Gasteiger partial charge in [0.05, 0.1) is 6.61 Å². The number of esters is 1. The molecule has 2 aromatic carbocycles. The van der Waals surface area contributed by atoms with Gasteiger partial charge in [0.25, 0.3) is 0 Å². The average molecular weight is 1130 g/mol. The first-order chi connectivity index (χ1) is 37.8. The number of nitrogens with one attached hydrogen (secondary N) is 6. The second-order valence-corrected chi connectivity index (χ2v) is 28.9. The Labute approximate surface area is 467 Å². The van der Waals surface area contributed by atoms with Gasteiger partial charge in [-0.1, -0.05) is 127 Å². The van der Waals surface area contributed by atoms with E-state index in [9.17, 15) is 44.2 Å². The van der Waals surface area contributed by atoms with Crippen molar-refractivity contribution in [1.29, 1.82) is 0 Å². The zero-order valence-corrected chi connectivity index (χ0v) is 48.1. The highest BCUT2D eigenvalue weighted by Crippen LogP contribution is 2.38. The third kappa shape index (κ3) is 16.4. The van der Waals surface area contributed by atoms with E-state index in [1.54, 1.807) is 94.4 Å². The van der Waals surface area contributed by atoms with Gasteiger partial charge in [-0.3, -0.25) is 49.0 Å². The number of carbonyl (C=O) groups is 8. The van der Waals surface area contributed by atoms with Gasteiger partial charge < -0.3 is 46.3 Å². The minimum absolute atomic E-state index is 0.0237. The van der Waals surface area contributed by atoms with E-state index in [1.165, 1.54) is 11.8 Å². The summed E-state index contributed by atoms with van der Waals surface area (Å²) in [5.74, 6) is -10.1. The third-order valence-electron chi connectivity index (χ3n) is 16.0. The van der Waals surface area contributed by atoms with E-state index in [4.69, 9.17) is 9.47 Å². The zero-order chi connectivity index (χ0) is 58.7. The van der Waals surface area contributed by atoms with Gasteiger partial charge in [0, 0.05) is 61.0 Å².